The van der Waals surface area contributed by atoms with E-state index in [0.717, 1.165) is 5.52 Å². The van der Waals surface area contributed by atoms with Crippen molar-refractivity contribution in [3.05, 3.63) is 62.5 Å². The van der Waals surface area contributed by atoms with E-state index in [1.165, 1.54) is 16.9 Å². The Morgan fingerprint density at radius 1 is 1.30 bits per heavy atom. The largest absolute Gasteiger partial charge is 0.275 e. The van der Waals surface area contributed by atoms with Gasteiger partial charge in [-0.3, -0.25) is 13.8 Å². The van der Waals surface area contributed by atoms with Gasteiger partial charge in [0.25, 0.3) is 5.56 Å². The van der Waals surface area contributed by atoms with Crippen molar-refractivity contribution >= 4 is 39.5 Å². The first kappa shape index (κ1) is 14.3. The van der Waals surface area contributed by atoms with E-state index in [1.807, 2.05) is 34.0 Å². The number of fused-ring (bicyclic) bond motifs is 3. The molecule has 0 aliphatic carbocycles. The van der Waals surface area contributed by atoms with Crippen LogP contribution in [0, 0.1) is 4.77 Å². The lowest BCUT2D eigenvalue weighted by molar-refractivity contribution is 0.589. The topological polar surface area (TPSA) is 55.1 Å². The van der Waals surface area contributed by atoms with Gasteiger partial charge in [-0.1, -0.05) is 37.3 Å². The highest BCUT2D eigenvalue weighted by atomic mass is 32.1. The molecule has 4 rings (SSSR count). The van der Waals surface area contributed by atoms with Crippen LogP contribution in [-0.2, 0) is 6.54 Å². The van der Waals surface area contributed by atoms with E-state index in [0.29, 0.717) is 21.8 Å². The molecule has 0 saturated heterocycles. The number of nitrogens with zero attached hydrogens (tertiary/aromatic N) is 3. The number of aromatic amines is 1. The summed E-state index contributed by atoms with van der Waals surface area (Å²) in [5, 5.41) is 8.98. The summed E-state index contributed by atoms with van der Waals surface area (Å²) in [6.45, 7) is 2.66. The minimum Gasteiger partial charge on any atom is -0.275 e. The fraction of sp³-hybridized carbons (Fsp3) is 0.188. The van der Waals surface area contributed by atoms with Crippen molar-refractivity contribution in [2.45, 2.75) is 19.4 Å². The van der Waals surface area contributed by atoms with Gasteiger partial charge in [0.1, 0.15) is 4.70 Å². The van der Waals surface area contributed by atoms with Gasteiger partial charge in [-0.15, -0.1) is 16.4 Å². The van der Waals surface area contributed by atoms with E-state index in [1.54, 1.807) is 4.57 Å². The Labute approximate surface area is 140 Å². The third-order valence-electron chi connectivity index (χ3n) is 4.05. The minimum atomic E-state index is -0.0146. The predicted molar refractivity (Wildman–Crippen MR) is 94.9 cm³/mol. The summed E-state index contributed by atoms with van der Waals surface area (Å²) in [5.74, 6) is 0.758. The van der Waals surface area contributed by atoms with Crippen LogP contribution in [0.3, 0.4) is 0 Å². The Morgan fingerprint density at radius 2 is 2.09 bits per heavy atom. The third kappa shape index (κ3) is 2.24. The Bertz CT molecular complexity index is 1100. The molecule has 0 radical (unpaired) electrons. The summed E-state index contributed by atoms with van der Waals surface area (Å²) in [6.07, 6.45) is 0. The summed E-state index contributed by atoms with van der Waals surface area (Å²) >= 11 is 6.76. The van der Waals surface area contributed by atoms with Gasteiger partial charge in [-0.25, -0.2) is 5.10 Å². The normalized spacial score (nSPS) is 12.9. The van der Waals surface area contributed by atoms with Crippen molar-refractivity contribution in [3.63, 3.8) is 0 Å². The first-order chi connectivity index (χ1) is 11.2. The molecule has 0 fully saturated rings. The molecule has 0 saturated carbocycles. The van der Waals surface area contributed by atoms with Crippen LogP contribution >= 0.6 is 23.6 Å². The molecule has 1 atom stereocenters. The van der Waals surface area contributed by atoms with Crippen molar-refractivity contribution in [3.8, 4) is 0 Å². The highest BCUT2D eigenvalue weighted by molar-refractivity contribution is 7.71. The molecule has 4 aromatic rings. The van der Waals surface area contributed by atoms with Gasteiger partial charge >= 0.3 is 0 Å². The van der Waals surface area contributed by atoms with E-state index in [4.69, 9.17) is 12.2 Å². The number of benzene rings is 1. The van der Waals surface area contributed by atoms with Crippen molar-refractivity contribution in [2.24, 2.45) is 0 Å². The Morgan fingerprint density at radius 3 is 2.87 bits per heavy atom. The molecule has 0 spiro atoms. The van der Waals surface area contributed by atoms with E-state index >= 15 is 0 Å². The lowest BCUT2D eigenvalue weighted by atomic mass is 10.0. The molecule has 3 heterocycles. The second-order valence-electron chi connectivity index (χ2n) is 5.53. The highest BCUT2D eigenvalue weighted by Gasteiger charge is 2.16. The van der Waals surface area contributed by atoms with E-state index in [-0.39, 0.29) is 11.5 Å². The molecular weight excluding hydrogens is 328 g/mol. The molecule has 7 heteroatoms. The smallest absolute Gasteiger partial charge is 0.272 e. The van der Waals surface area contributed by atoms with Crippen molar-refractivity contribution in [2.75, 3.05) is 0 Å². The fourth-order valence-electron chi connectivity index (χ4n) is 2.86. The van der Waals surface area contributed by atoms with Crippen LogP contribution in [0.5, 0.6) is 0 Å². The zero-order valence-corrected chi connectivity index (χ0v) is 14.0. The lowest BCUT2D eigenvalue weighted by Gasteiger charge is -2.14. The maximum Gasteiger partial charge on any atom is 0.272 e. The second kappa shape index (κ2) is 5.43. The lowest BCUT2D eigenvalue weighted by Crippen LogP contribution is -2.24. The molecular formula is C16H14N4OS2. The van der Waals surface area contributed by atoms with Crippen molar-refractivity contribution in [1.82, 2.24) is 19.2 Å². The van der Waals surface area contributed by atoms with Crippen LogP contribution in [0.25, 0.3) is 16.0 Å². The molecule has 5 nitrogen and oxygen atoms in total. The number of hydrogen-bond donors (Lipinski definition) is 1. The van der Waals surface area contributed by atoms with Crippen LogP contribution < -0.4 is 5.56 Å². The standard InChI is InChI=1S/C16H14N4OS2/c1-10(11-5-3-2-4-6-11)9-19-14(21)13-12(7-8-23-13)20-15(19)17-18-16(20)22/h2-8,10H,9H2,1H3,(H,18,22)/t10-/m1/s1. The van der Waals surface area contributed by atoms with Gasteiger partial charge in [0.2, 0.25) is 10.5 Å². The minimum absolute atomic E-state index is 0.0146. The summed E-state index contributed by atoms with van der Waals surface area (Å²) < 4.78 is 4.75. The maximum absolute atomic E-state index is 12.9. The van der Waals surface area contributed by atoms with E-state index in [2.05, 4.69) is 29.3 Å². The zero-order chi connectivity index (χ0) is 16.0. The first-order valence-corrected chi connectivity index (χ1v) is 8.57. The number of nitrogens with one attached hydrogen (secondary N) is 1. The number of rotatable bonds is 3. The van der Waals surface area contributed by atoms with E-state index < -0.39 is 0 Å². The quantitative estimate of drug-likeness (QED) is 0.579. The van der Waals surface area contributed by atoms with Crippen LogP contribution in [-0.4, -0.2) is 19.2 Å². The Balaban J connectivity index is 1.93. The van der Waals surface area contributed by atoms with Crippen LogP contribution in [0.2, 0.25) is 0 Å². The molecule has 0 amide bonds. The molecule has 1 N–H and O–H groups in total. The number of hydrogen-bond acceptors (Lipinski definition) is 4. The third-order valence-corrected chi connectivity index (χ3v) is 5.21. The average Bonchev–Trinajstić information content (AvgIpc) is 3.19. The first-order valence-electron chi connectivity index (χ1n) is 7.29. The molecule has 0 aliphatic rings. The molecule has 23 heavy (non-hydrogen) atoms. The molecule has 1 aromatic carbocycles. The summed E-state index contributed by atoms with van der Waals surface area (Å²) in [4.78, 5) is 12.9. The summed E-state index contributed by atoms with van der Waals surface area (Å²) in [7, 11) is 0. The average molecular weight is 342 g/mol. The Kier molecular flexibility index (Phi) is 3.39. The van der Waals surface area contributed by atoms with Gasteiger partial charge in [0.05, 0.1) is 5.52 Å². The van der Waals surface area contributed by atoms with Gasteiger partial charge in [0.15, 0.2) is 0 Å². The van der Waals surface area contributed by atoms with Crippen LogP contribution in [0.1, 0.15) is 18.4 Å². The molecule has 116 valence electrons. The highest BCUT2D eigenvalue weighted by Crippen LogP contribution is 2.21. The van der Waals surface area contributed by atoms with Crippen molar-refractivity contribution < 1.29 is 0 Å². The SMILES string of the molecule is C[C@H](Cn1c(=O)c2sccc2n2c(=S)[nH]nc12)c1ccccc1. The molecule has 3 aromatic heterocycles. The van der Waals surface area contributed by atoms with Crippen LogP contribution in [0.4, 0.5) is 0 Å². The molecule has 0 unspecified atom stereocenters. The number of thiophene rings is 1. The zero-order valence-electron chi connectivity index (χ0n) is 12.4. The van der Waals surface area contributed by atoms with Crippen molar-refractivity contribution in [1.29, 1.82) is 0 Å². The summed E-state index contributed by atoms with van der Waals surface area (Å²) in [5.41, 5.74) is 2.00. The van der Waals surface area contributed by atoms with E-state index in [9.17, 15) is 4.79 Å². The number of H-pyrrole nitrogens is 1. The predicted octanol–water partition coefficient (Wildman–Crippen LogP) is 3.57. The summed E-state index contributed by atoms with van der Waals surface area (Å²) in [6, 6.07) is 12.1. The molecule has 0 aliphatic heterocycles. The fourth-order valence-corrected chi connectivity index (χ4v) is 3.91. The van der Waals surface area contributed by atoms with Gasteiger partial charge in [-0.05, 0) is 35.1 Å². The number of aromatic nitrogens is 4. The monoisotopic (exact) mass is 342 g/mol. The Hall–Kier alpha value is -2.25. The second-order valence-corrected chi connectivity index (χ2v) is 6.83. The maximum atomic E-state index is 12.9. The van der Waals surface area contributed by atoms with Crippen LogP contribution in [0.15, 0.2) is 46.6 Å². The van der Waals surface area contributed by atoms with Gasteiger partial charge in [0, 0.05) is 6.54 Å². The van der Waals surface area contributed by atoms with Gasteiger partial charge in [-0.2, -0.15) is 0 Å². The molecule has 0 bridgehead atoms. The van der Waals surface area contributed by atoms with Gasteiger partial charge < -0.3 is 0 Å².